The van der Waals surface area contributed by atoms with Gasteiger partial charge in [-0.3, -0.25) is 4.79 Å². The van der Waals surface area contributed by atoms with Crippen molar-refractivity contribution in [2.45, 2.75) is 18.1 Å². The summed E-state index contributed by atoms with van der Waals surface area (Å²) in [5, 5.41) is 11.3. The first-order valence-electron chi connectivity index (χ1n) is 8.66. The highest BCUT2D eigenvalue weighted by Gasteiger charge is 2.11. The van der Waals surface area contributed by atoms with Crippen LogP contribution in [0.2, 0.25) is 0 Å². The molecule has 6 nitrogen and oxygen atoms in total. The molecule has 1 heterocycles. The Morgan fingerprint density at radius 3 is 2.63 bits per heavy atom. The van der Waals surface area contributed by atoms with E-state index in [1.165, 1.54) is 17.3 Å². The number of ether oxygens (including phenoxy) is 1. The molecule has 1 aromatic heterocycles. The first-order valence-corrected chi connectivity index (χ1v) is 9.64. The van der Waals surface area contributed by atoms with Crippen LogP contribution >= 0.6 is 11.8 Å². The number of hydrogen-bond acceptors (Lipinski definition) is 6. The fraction of sp³-hybridized carbons (Fsp3) is 0.250. The molecule has 0 saturated carbocycles. The number of rotatable bonds is 9. The Morgan fingerprint density at radius 2 is 1.89 bits per heavy atom. The molecule has 0 bridgehead atoms. The van der Waals surface area contributed by atoms with Crippen LogP contribution in [0.3, 0.4) is 0 Å². The standard InChI is InChI=1S/C20H21N3O3S/c1-25-17-11-9-16(10-12-17)19-22-23-20(26-19)27-14-18(24)21-13-5-8-15-6-3-2-4-7-15/h2-4,6-7,9-12H,5,8,13-14H2,1H3,(H,21,24). The fourth-order valence-corrected chi connectivity index (χ4v) is 3.05. The van der Waals surface area contributed by atoms with E-state index in [1.807, 2.05) is 42.5 Å². The quantitative estimate of drug-likeness (QED) is 0.449. The summed E-state index contributed by atoms with van der Waals surface area (Å²) in [4.78, 5) is 11.9. The highest BCUT2D eigenvalue weighted by atomic mass is 32.2. The summed E-state index contributed by atoms with van der Waals surface area (Å²) in [6, 6.07) is 17.6. The molecule has 1 amide bonds. The molecule has 0 radical (unpaired) electrons. The summed E-state index contributed by atoms with van der Waals surface area (Å²) in [7, 11) is 1.61. The number of methoxy groups -OCH3 is 1. The van der Waals surface area contributed by atoms with Gasteiger partial charge in [0.2, 0.25) is 11.8 Å². The van der Waals surface area contributed by atoms with Gasteiger partial charge in [-0.2, -0.15) is 0 Å². The number of nitrogens with zero attached hydrogens (tertiary/aromatic N) is 2. The maximum absolute atomic E-state index is 11.9. The first-order chi connectivity index (χ1) is 13.2. The number of aromatic nitrogens is 2. The first kappa shape index (κ1) is 19.0. The molecule has 1 N–H and O–H groups in total. The number of carbonyl (C=O) groups excluding carboxylic acids is 1. The molecular weight excluding hydrogens is 362 g/mol. The minimum absolute atomic E-state index is 0.0442. The van der Waals surface area contributed by atoms with Crippen molar-refractivity contribution >= 4 is 17.7 Å². The molecule has 0 aliphatic rings. The van der Waals surface area contributed by atoms with Gasteiger partial charge in [-0.15, -0.1) is 10.2 Å². The number of hydrogen-bond donors (Lipinski definition) is 1. The van der Waals surface area contributed by atoms with E-state index >= 15 is 0 Å². The zero-order chi connectivity index (χ0) is 18.9. The van der Waals surface area contributed by atoms with Crippen molar-refractivity contribution < 1.29 is 13.9 Å². The molecule has 0 saturated heterocycles. The molecule has 0 aliphatic heterocycles. The largest absolute Gasteiger partial charge is 0.497 e. The van der Waals surface area contributed by atoms with Gasteiger partial charge < -0.3 is 14.5 Å². The SMILES string of the molecule is COc1ccc(-c2nnc(SCC(=O)NCCCc3ccccc3)o2)cc1. The van der Waals surface area contributed by atoms with Crippen molar-refractivity contribution in [2.75, 3.05) is 19.4 Å². The highest BCUT2D eigenvalue weighted by molar-refractivity contribution is 7.99. The van der Waals surface area contributed by atoms with Crippen LogP contribution in [0, 0.1) is 0 Å². The van der Waals surface area contributed by atoms with Gasteiger partial charge in [0.1, 0.15) is 5.75 Å². The van der Waals surface area contributed by atoms with E-state index in [-0.39, 0.29) is 11.7 Å². The molecule has 0 unspecified atom stereocenters. The summed E-state index contributed by atoms with van der Waals surface area (Å²) in [6.45, 7) is 0.648. The van der Waals surface area contributed by atoms with Crippen LogP contribution in [0.4, 0.5) is 0 Å². The lowest BCUT2D eigenvalue weighted by Gasteiger charge is -2.04. The van der Waals surface area contributed by atoms with E-state index in [9.17, 15) is 4.79 Å². The predicted molar refractivity (Wildman–Crippen MR) is 105 cm³/mol. The Morgan fingerprint density at radius 1 is 1.11 bits per heavy atom. The average Bonchev–Trinajstić information content (AvgIpc) is 3.19. The fourth-order valence-electron chi connectivity index (χ4n) is 2.46. The van der Waals surface area contributed by atoms with Crippen LogP contribution in [0.25, 0.3) is 11.5 Å². The highest BCUT2D eigenvalue weighted by Crippen LogP contribution is 2.24. The zero-order valence-electron chi connectivity index (χ0n) is 15.1. The van der Waals surface area contributed by atoms with Gasteiger partial charge in [0.05, 0.1) is 12.9 Å². The third-order valence-electron chi connectivity index (χ3n) is 3.88. The van der Waals surface area contributed by atoms with Crippen molar-refractivity contribution in [3.63, 3.8) is 0 Å². The molecule has 0 aliphatic carbocycles. The van der Waals surface area contributed by atoms with Crippen molar-refractivity contribution in [1.29, 1.82) is 0 Å². The van der Waals surface area contributed by atoms with Crippen LogP contribution in [-0.2, 0) is 11.2 Å². The van der Waals surface area contributed by atoms with Crippen LogP contribution < -0.4 is 10.1 Å². The molecule has 3 rings (SSSR count). The normalized spacial score (nSPS) is 10.6. The lowest BCUT2D eigenvalue weighted by molar-refractivity contribution is -0.118. The third-order valence-corrected chi connectivity index (χ3v) is 4.70. The van der Waals surface area contributed by atoms with Gasteiger partial charge in [-0.05, 0) is 42.7 Å². The van der Waals surface area contributed by atoms with E-state index in [2.05, 4.69) is 27.6 Å². The summed E-state index contributed by atoms with van der Waals surface area (Å²) in [5.74, 6) is 1.38. The van der Waals surface area contributed by atoms with Crippen LogP contribution in [0.1, 0.15) is 12.0 Å². The summed E-state index contributed by atoms with van der Waals surface area (Å²) in [6.07, 6.45) is 1.85. The number of thioether (sulfide) groups is 1. The molecule has 3 aromatic rings. The molecule has 140 valence electrons. The second kappa shape index (κ2) is 9.78. The second-order valence-corrected chi connectivity index (χ2v) is 6.76. The van der Waals surface area contributed by atoms with E-state index in [0.29, 0.717) is 17.7 Å². The minimum atomic E-state index is -0.0442. The van der Waals surface area contributed by atoms with Crippen LogP contribution in [0.15, 0.2) is 64.2 Å². The van der Waals surface area contributed by atoms with Gasteiger partial charge in [0.15, 0.2) is 0 Å². The third kappa shape index (κ3) is 5.86. The molecule has 0 fully saturated rings. The Hall–Kier alpha value is -2.80. The number of aryl methyl sites for hydroxylation is 1. The average molecular weight is 383 g/mol. The van der Waals surface area contributed by atoms with Crippen molar-refractivity contribution in [3.8, 4) is 17.2 Å². The van der Waals surface area contributed by atoms with E-state index in [0.717, 1.165) is 24.2 Å². The number of amides is 1. The summed E-state index contributed by atoms with van der Waals surface area (Å²) < 4.78 is 10.7. The monoisotopic (exact) mass is 383 g/mol. The van der Waals surface area contributed by atoms with Crippen LogP contribution in [0.5, 0.6) is 5.75 Å². The van der Waals surface area contributed by atoms with Gasteiger partial charge in [0, 0.05) is 12.1 Å². The smallest absolute Gasteiger partial charge is 0.277 e. The Kier molecular flexibility index (Phi) is 6.87. The van der Waals surface area contributed by atoms with E-state index < -0.39 is 0 Å². The van der Waals surface area contributed by atoms with Gasteiger partial charge in [-0.25, -0.2) is 0 Å². The lowest BCUT2D eigenvalue weighted by Crippen LogP contribution is -2.26. The maximum Gasteiger partial charge on any atom is 0.277 e. The Balaban J connectivity index is 1.39. The maximum atomic E-state index is 11.9. The van der Waals surface area contributed by atoms with Crippen molar-refractivity contribution in [1.82, 2.24) is 15.5 Å². The van der Waals surface area contributed by atoms with Gasteiger partial charge in [-0.1, -0.05) is 42.1 Å². The van der Waals surface area contributed by atoms with Gasteiger partial charge in [0.25, 0.3) is 5.22 Å². The topological polar surface area (TPSA) is 77.2 Å². The molecule has 2 aromatic carbocycles. The molecule has 27 heavy (non-hydrogen) atoms. The Bertz CT molecular complexity index is 850. The number of nitrogens with one attached hydrogen (secondary N) is 1. The van der Waals surface area contributed by atoms with E-state index in [1.54, 1.807) is 7.11 Å². The zero-order valence-corrected chi connectivity index (χ0v) is 15.9. The lowest BCUT2D eigenvalue weighted by atomic mass is 10.1. The molecule has 7 heteroatoms. The van der Waals surface area contributed by atoms with Crippen molar-refractivity contribution in [3.05, 3.63) is 60.2 Å². The number of benzene rings is 2. The van der Waals surface area contributed by atoms with E-state index in [4.69, 9.17) is 9.15 Å². The molecule has 0 spiro atoms. The molecule has 0 atom stereocenters. The molecular formula is C20H21N3O3S. The number of carbonyl (C=O) groups is 1. The Labute approximate surface area is 162 Å². The van der Waals surface area contributed by atoms with Gasteiger partial charge >= 0.3 is 0 Å². The summed E-state index contributed by atoms with van der Waals surface area (Å²) >= 11 is 1.23. The van der Waals surface area contributed by atoms with Crippen LogP contribution in [-0.4, -0.2) is 35.5 Å². The van der Waals surface area contributed by atoms with Crippen molar-refractivity contribution in [2.24, 2.45) is 0 Å². The summed E-state index contributed by atoms with van der Waals surface area (Å²) in [5.41, 5.74) is 2.08. The predicted octanol–water partition coefficient (Wildman–Crippen LogP) is 3.59. The minimum Gasteiger partial charge on any atom is -0.497 e. The second-order valence-electron chi connectivity index (χ2n) is 5.83.